The van der Waals surface area contributed by atoms with Crippen LogP contribution in [0.15, 0.2) is 41.1 Å². The molecule has 0 saturated heterocycles. The molecule has 150 valence electrons. The molecule has 0 bridgehead atoms. The van der Waals surface area contributed by atoms with Crippen LogP contribution in [0, 0.1) is 6.92 Å². The molecule has 0 aliphatic heterocycles. The Hall–Kier alpha value is -3.01. The summed E-state index contributed by atoms with van der Waals surface area (Å²) in [6.45, 7) is 3.71. The molecule has 0 aliphatic rings. The second-order valence-corrected chi connectivity index (χ2v) is 7.31. The van der Waals surface area contributed by atoms with E-state index in [0.717, 1.165) is 11.4 Å². The van der Waals surface area contributed by atoms with Gasteiger partial charge in [0.2, 0.25) is 11.7 Å². The average Bonchev–Trinajstić information content (AvgIpc) is 2.61. The summed E-state index contributed by atoms with van der Waals surface area (Å²) >= 11 is 3.33. The number of pyridine rings is 2. The SMILES string of the molecule is CC(=O)Nc1cc(Nc2cc(C)nc(C(C)(F)F)n2)c(-c2ccc(Br)cn2)cn1. The van der Waals surface area contributed by atoms with Crippen molar-refractivity contribution < 1.29 is 13.6 Å². The summed E-state index contributed by atoms with van der Waals surface area (Å²) in [5, 5.41) is 5.62. The van der Waals surface area contributed by atoms with Crippen LogP contribution in [0.1, 0.15) is 25.4 Å². The van der Waals surface area contributed by atoms with Crippen LogP contribution in [0.4, 0.5) is 26.1 Å². The molecule has 0 unspecified atom stereocenters. The van der Waals surface area contributed by atoms with Crippen LogP contribution >= 0.6 is 15.9 Å². The molecule has 10 heteroatoms. The minimum absolute atomic E-state index is 0.187. The maximum absolute atomic E-state index is 13.7. The summed E-state index contributed by atoms with van der Waals surface area (Å²) in [5.74, 6) is -3.57. The van der Waals surface area contributed by atoms with E-state index in [9.17, 15) is 13.6 Å². The zero-order chi connectivity index (χ0) is 21.2. The number of rotatable bonds is 5. The largest absolute Gasteiger partial charge is 0.339 e. The van der Waals surface area contributed by atoms with Gasteiger partial charge in [0.15, 0.2) is 0 Å². The molecule has 2 N–H and O–H groups in total. The smallest absolute Gasteiger partial charge is 0.303 e. The molecule has 3 aromatic heterocycles. The third kappa shape index (κ3) is 5.29. The van der Waals surface area contributed by atoms with Crippen LogP contribution in [-0.4, -0.2) is 25.8 Å². The van der Waals surface area contributed by atoms with E-state index in [4.69, 9.17) is 0 Å². The number of aromatic nitrogens is 4. The minimum Gasteiger partial charge on any atom is -0.339 e. The first-order chi connectivity index (χ1) is 13.6. The number of halogens is 3. The van der Waals surface area contributed by atoms with E-state index in [2.05, 4.69) is 46.5 Å². The first-order valence-corrected chi connectivity index (χ1v) is 9.31. The van der Waals surface area contributed by atoms with Crippen LogP contribution in [0.5, 0.6) is 0 Å². The molecule has 3 heterocycles. The number of amides is 1. The molecule has 0 saturated carbocycles. The first kappa shape index (κ1) is 20.7. The molecule has 29 heavy (non-hydrogen) atoms. The molecule has 1 amide bonds. The lowest BCUT2D eigenvalue weighted by molar-refractivity contribution is -0.114. The van der Waals surface area contributed by atoms with E-state index >= 15 is 0 Å². The van der Waals surface area contributed by atoms with Gasteiger partial charge in [0.1, 0.15) is 11.6 Å². The lowest BCUT2D eigenvalue weighted by Gasteiger charge is -2.15. The molecule has 0 radical (unpaired) electrons. The Morgan fingerprint density at radius 1 is 1.10 bits per heavy atom. The molecule has 3 aromatic rings. The third-order valence-corrected chi connectivity index (χ3v) is 4.19. The predicted molar refractivity (Wildman–Crippen MR) is 109 cm³/mol. The molecule has 0 aliphatic carbocycles. The lowest BCUT2D eigenvalue weighted by atomic mass is 10.1. The van der Waals surface area contributed by atoms with Crippen LogP contribution in [0.25, 0.3) is 11.3 Å². The quantitative estimate of drug-likeness (QED) is 0.564. The number of alkyl halides is 2. The standard InChI is InChI=1S/C19H17BrF2N6O/c1-10-6-17(28-18(25-10)19(3,21)22)27-15-7-16(26-11(2)29)24-9-13(15)14-5-4-12(20)8-23-14/h4-9H,1-3H3,(H2,24,25,26,27,28,29). The van der Waals surface area contributed by atoms with Gasteiger partial charge in [-0.3, -0.25) is 9.78 Å². The summed E-state index contributed by atoms with van der Waals surface area (Å²) in [6.07, 6.45) is 3.17. The average molecular weight is 463 g/mol. The number of hydrogen-bond donors (Lipinski definition) is 2. The van der Waals surface area contributed by atoms with Crippen molar-refractivity contribution in [2.24, 2.45) is 0 Å². The number of carbonyl (C=O) groups excluding carboxylic acids is 1. The monoisotopic (exact) mass is 462 g/mol. The van der Waals surface area contributed by atoms with Gasteiger partial charge in [0.05, 0.1) is 11.4 Å². The van der Waals surface area contributed by atoms with Crippen molar-refractivity contribution in [2.75, 3.05) is 10.6 Å². The van der Waals surface area contributed by atoms with Crippen molar-refractivity contribution in [3.8, 4) is 11.3 Å². The van der Waals surface area contributed by atoms with Crippen LogP contribution < -0.4 is 10.6 Å². The Kier molecular flexibility index (Phi) is 5.83. The molecule has 0 atom stereocenters. The number of nitrogens with zero attached hydrogens (tertiary/aromatic N) is 4. The zero-order valence-corrected chi connectivity index (χ0v) is 17.4. The maximum atomic E-state index is 13.7. The van der Waals surface area contributed by atoms with E-state index in [0.29, 0.717) is 28.5 Å². The number of aryl methyl sites for hydroxylation is 1. The Morgan fingerprint density at radius 2 is 1.86 bits per heavy atom. The summed E-state index contributed by atoms with van der Waals surface area (Å²) < 4.78 is 28.2. The highest BCUT2D eigenvalue weighted by Crippen LogP contribution is 2.32. The highest BCUT2D eigenvalue weighted by atomic mass is 79.9. The van der Waals surface area contributed by atoms with E-state index < -0.39 is 11.7 Å². The molecule has 3 rings (SSSR count). The van der Waals surface area contributed by atoms with Gasteiger partial charge in [0, 0.05) is 54.1 Å². The van der Waals surface area contributed by atoms with E-state index in [-0.39, 0.29) is 11.7 Å². The van der Waals surface area contributed by atoms with E-state index in [1.165, 1.54) is 13.1 Å². The van der Waals surface area contributed by atoms with E-state index in [1.807, 2.05) is 6.07 Å². The number of anilines is 3. The number of carbonyl (C=O) groups is 1. The van der Waals surface area contributed by atoms with Crippen molar-refractivity contribution in [1.29, 1.82) is 0 Å². The van der Waals surface area contributed by atoms with Crippen LogP contribution in [-0.2, 0) is 10.7 Å². The minimum atomic E-state index is -3.18. The maximum Gasteiger partial charge on any atom is 0.303 e. The summed E-state index contributed by atoms with van der Waals surface area (Å²) in [6, 6.07) is 6.73. The predicted octanol–water partition coefficient (Wildman–Crippen LogP) is 4.82. The van der Waals surface area contributed by atoms with Gasteiger partial charge in [-0.25, -0.2) is 15.0 Å². The lowest BCUT2D eigenvalue weighted by Crippen LogP contribution is -2.14. The van der Waals surface area contributed by atoms with Crippen molar-refractivity contribution in [1.82, 2.24) is 19.9 Å². The normalized spacial score (nSPS) is 11.2. The van der Waals surface area contributed by atoms with Gasteiger partial charge in [-0.1, -0.05) is 0 Å². The molecular weight excluding hydrogens is 446 g/mol. The van der Waals surface area contributed by atoms with E-state index in [1.54, 1.807) is 31.3 Å². The van der Waals surface area contributed by atoms with Gasteiger partial charge < -0.3 is 10.6 Å². The summed E-state index contributed by atoms with van der Waals surface area (Å²) in [4.78, 5) is 27.7. The summed E-state index contributed by atoms with van der Waals surface area (Å²) in [7, 11) is 0. The highest BCUT2D eigenvalue weighted by molar-refractivity contribution is 9.10. The molecule has 0 spiro atoms. The Morgan fingerprint density at radius 3 is 2.48 bits per heavy atom. The van der Waals surface area contributed by atoms with Crippen molar-refractivity contribution >= 4 is 39.2 Å². The van der Waals surface area contributed by atoms with Crippen molar-refractivity contribution in [3.63, 3.8) is 0 Å². The fraction of sp³-hybridized carbons (Fsp3) is 0.211. The Bertz CT molecular complexity index is 1050. The van der Waals surface area contributed by atoms with Crippen molar-refractivity contribution in [3.05, 3.63) is 52.7 Å². The van der Waals surface area contributed by atoms with Crippen LogP contribution in [0.3, 0.4) is 0 Å². The van der Waals surface area contributed by atoms with Crippen LogP contribution in [0.2, 0.25) is 0 Å². The Labute approximate surface area is 174 Å². The van der Waals surface area contributed by atoms with Gasteiger partial charge in [-0.2, -0.15) is 8.78 Å². The fourth-order valence-electron chi connectivity index (χ4n) is 2.51. The molecular formula is C19H17BrF2N6O. The summed E-state index contributed by atoms with van der Waals surface area (Å²) in [5.41, 5.74) is 2.08. The zero-order valence-electron chi connectivity index (χ0n) is 15.8. The second-order valence-electron chi connectivity index (χ2n) is 6.39. The van der Waals surface area contributed by atoms with Crippen molar-refractivity contribution in [2.45, 2.75) is 26.7 Å². The topological polar surface area (TPSA) is 92.7 Å². The van der Waals surface area contributed by atoms with Gasteiger partial charge >= 0.3 is 5.92 Å². The first-order valence-electron chi connectivity index (χ1n) is 8.52. The number of hydrogen-bond acceptors (Lipinski definition) is 6. The second kappa shape index (κ2) is 8.16. The number of nitrogens with one attached hydrogen (secondary N) is 2. The van der Waals surface area contributed by atoms with Gasteiger partial charge in [-0.05, 0) is 35.0 Å². The fourth-order valence-corrected chi connectivity index (χ4v) is 2.75. The third-order valence-electron chi connectivity index (χ3n) is 3.72. The molecule has 7 nitrogen and oxygen atoms in total. The Balaban J connectivity index is 2.07. The molecule has 0 aromatic carbocycles. The van der Waals surface area contributed by atoms with Gasteiger partial charge in [0.25, 0.3) is 0 Å². The van der Waals surface area contributed by atoms with Gasteiger partial charge in [-0.15, -0.1) is 0 Å². The highest BCUT2D eigenvalue weighted by Gasteiger charge is 2.29. The molecule has 0 fully saturated rings.